The van der Waals surface area contributed by atoms with Crippen LogP contribution in [0.15, 0.2) is 53.6 Å². The fourth-order valence-electron chi connectivity index (χ4n) is 4.40. The van der Waals surface area contributed by atoms with E-state index in [1.807, 2.05) is 21.6 Å². The number of anilines is 1. The zero-order valence-corrected chi connectivity index (χ0v) is 29.5. The third-order valence-corrected chi connectivity index (χ3v) is 12.3. The van der Waals surface area contributed by atoms with Crippen LogP contribution in [0.1, 0.15) is 55.3 Å². The van der Waals surface area contributed by atoms with Crippen LogP contribution < -0.4 is 21.4 Å². The van der Waals surface area contributed by atoms with Gasteiger partial charge < -0.3 is 30.7 Å². The quantitative estimate of drug-likeness (QED) is 0.0229. The van der Waals surface area contributed by atoms with Crippen molar-refractivity contribution < 1.29 is 34.0 Å². The molecule has 0 bridgehead atoms. The summed E-state index contributed by atoms with van der Waals surface area (Å²) in [7, 11) is 4.96. The third-order valence-electron chi connectivity index (χ3n) is 6.89. The van der Waals surface area contributed by atoms with Crippen molar-refractivity contribution >= 4 is 90.8 Å². The summed E-state index contributed by atoms with van der Waals surface area (Å²) < 4.78 is 5.29. The molecule has 2 atom stereocenters. The lowest BCUT2D eigenvalue weighted by atomic mass is 9.80. The van der Waals surface area contributed by atoms with Crippen LogP contribution in [0.2, 0.25) is 0 Å². The number of ether oxygens (including phenoxy) is 1. The van der Waals surface area contributed by atoms with Crippen LogP contribution in [0, 0.1) is 0 Å². The molecule has 2 aromatic carbocycles. The molecule has 18 heteroatoms. The number of esters is 1. The molecule has 0 radical (unpaired) electrons. The van der Waals surface area contributed by atoms with Crippen LogP contribution in [0.4, 0.5) is 11.4 Å². The summed E-state index contributed by atoms with van der Waals surface area (Å²) in [4.78, 5) is 53.1. The number of azide groups is 1. The van der Waals surface area contributed by atoms with Crippen molar-refractivity contribution in [2.24, 2.45) is 5.11 Å². The summed E-state index contributed by atoms with van der Waals surface area (Å²) in [5.41, 5.74) is 9.90. The second-order valence-electron chi connectivity index (χ2n) is 10.6. The van der Waals surface area contributed by atoms with Crippen LogP contribution in [-0.2, 0) is 19.1 Å². The van der Waals surface area contributed by atoms with Crippen LogP contribution >= 0.6 is 43.2 Å². The highest BCUT2D eigenvalue weighted by molar-refractivity contribution is 8.77. The fourth-order valence-corrected chi connectivity index (χ4v) is 9.42. The molecule has 1 aliphatic heterocycles. The highest BCUT2D eigenvalue weighted by atomic mass is 33.1. The van der Waals surface area contributed by atoms with Gasteiger partial charge in [-0.05, 0) is 60.9 Å². The summed E-state index contributed by atoms with van der Waals surface area (Å²) in [6.07, 6.45) is 4.81. The predicted octanol–water partition coefficient (Wildman–Crippen LogP) is 4.58. The van der Waals surface area contributed by atoms with Gasteiger partial charge in [0.05, 0.1) is 5.56 Å². The lowest BCUT2D eigenvalue weighted by Gasteiger charge is -2.18. The Labute approximate surface area is 295 Å². The molecule has 0 saturated carbocycles. The van der Waals surface area contributed by atoms with Crippen molar-refractivity contribution in [3.05, 3.63) is 64.5 Å². The van der Waals surface area contributed by atoms with Crippen LogP contribution in [0.3, 0.4) is 0 Å². The number of hydrogen-bond donors (Lipinski definition) is 5. The van der Waals surface area contributed by atoms with Crippen LogP contribution in [-0.4, -0.2) is 82.6 Å². The molecule has 5 N–H and O–H groups in total. The second-order valence-corrected chi connectivity index (χ2v) is 16.0. The van der Waals surface area contributed by atoms with Gasteiger partial charge in [0.15, 0.2) is 0 Å². The van der Waals surface area contributed by atoms with Crippen molar-refractivity contribution in [3.8, 4) is 0 Å². The number of carbonyl (C=O) groups is 4. The molecule has 258 valence electrons. The maximum absolute atomic E-state index is 13.1. The summed E-state index contributed by atoms with van der Waals surface area (Å²) in [6.45, 7) is 0.366. The molecule has 0 aliphatic carbocycles. The molecular formula is C30H39BN6O7S4. The number of nitrogens with one attached hydrogen (secondary N) is 3. The summed E-state index contributed by atoms with van der Waals surface area (Å²) in [5.74, 6) is 0.594. The van der Waals surface area contributed by atoms with Gasteiger partial charge >= 0.3 is 13.1 Å². The van der Waals surface area contributed by atoms with Crippen molar-refractivity contribution in [2.75, 3.05) is 35.7 Å². The van der Waals surface area contributed by atoms with Gasteiger partial charge in [0, 0.05) is 58.2 Å². The van der Waals surface area contributed by atoms with E-state index < -0.39 is 19.1 Å². The lowest BCUT2D eigenvalue weighted by molar-refractivity contribution is -0.128. The van der Waals surface area contributed by atoms with Crippen molar-refractivity contribution in [1.29, 1.82) is 0 Å². The van der Waals surface area contributed by atoms with Gasteiger partial charge in [-0.25, -0.2) is 4.79 Å². The minimum atomic E-state index is -1.64. The minimum Gasteiger partial charge on any atom is -0.461 e. The van der Waals surface area contributed by atoms with E-state index in [9.17, 15) is 29.2 Å². The molecule has 48 heavy (non-hydrogen) atoms. The molecule has 0 aromatic heterocycles. The average Bonchev–Trinajstić information content (AvgIpc) is 3.60. The number of rotatable bonds is 21. The van der Waals surface area contributed by atoms with Crippen LogP contribution in [0.5, 0.6) is 0 Å². The molecule has 3 rings (SSSR count). The van der Waals surface area contributed by atoms with E-state index in [0.29, 0.717) is 46.5 Å². The van der Waals surface area contributed by atoms with Gasteiger partial charge in [-0.1, -0.05) is 79.0 Å². The molecule has 1 fully saturated rings. The summed E-state index contributed by atoms with van der Waals surface area (Å²) in [6, 6.07) is 11.5. The summed E-state index contributed by atoms with van der Waals surface area (Å²) >= 11 is 0. The molecule has 13 nitrogen and oxygen atoms in total. The Kier molecular flexibility index (Phi) is 18.6. The molecule has 1 aliphatic rings. The predicted molar refractivity (Wildman–Crippen MR) is 196 cm³/mol. The second kappa shape index (κ2) is 22.6. The van der Waals surface area contributed by atoms with E-state index in [-0.39, 0.29) is 42.8 Å². The standard InChI is InChI=1S/C30H39BN6O7S4/c32-37-36-23-12-10-21(11-13-23)30(41)44-16-18-45-47-20-26(35-28(39)8-2-1-7-25-14-17-46-48-25)29(40)33-15-4-9-27(38)34-24-6-3-5-22(19-24)31(42)43/h3,5-6,10-13,19,25-26,42-43H,1-2,4,7-9,14-18,20H2,(H,33,40)(H,34,38)(H,35,39)/t25-,26?/m1/s1. The first kappa shape index (κ1) is 39.5. The number of benzene rings is 2. The van der Waals surface area contributed by atoms with Gasteiger partial charge in [0.2, 0.25) is 17.7 Å². The summed E-state index contributed by atoms with van der Waals surface area (Å²) in [5, 5.41) is 31.1. The Morgan fingerprint density at radius 1 is 1.06 bits per heavy atom. The molecule has 1 saturated heterocycles. The van der Waals surface area contributed by atoms with E-state index >= 15 is 0 Å². The highest BCUT2D eigenvalue weighted by Crippen LogP contribution is 2.39. The zero-order chi connectivity index (χ0) is 34.6. The van der Waals surface area contributed by atoms with Gasteiger partial charge in [0.1, 0.15) is 12.6 Å². The fraction of sp³-hybridized carbons (Fsp3) is 0.467. The third kappa shape index (κ3) is 15.5. The van der Waals surface area contributed by atoms with E-state index in [4.69, 9.17) is 10.3 Å². The Balaban J connectivity index is 1.40. The van der Waals surface area contributed by atoms with E-state index in [2.05, 4.69) is 26.0 Å². The molecular weight excluding hydrogens is 695 g/mol. The number of carbonyl (C=O) groups excluding carboxylic acids is 4. The SMILES string of the molecule is [N-]=[N+]=Nc1ccc(C(=O)OCCSSCC(NC(=O)CCCC[C@@H]2CCSS2)C(=O)NCCCC(=O)Nc2cccc(B(O)O)c2)cc1. The van der Waals surface area contributed by atoms with Crippen molar-refractivity contribution in [2.45, 2.75) is 56.2 Å². The largest absolute Gasteiger partial charge is 0.488 e. The Hall–Kier alpha value is -2.99. The molecule has 2 aromatic rings. The highest BCUT2D eigenvalue weighted by Gasteiger charge is 2.22. The normalized spacial score (nSPS) is 14.3. The first-order chi connectivity index (χ1) is 23.2. The first-order valence-electron chi connectivity index (χ1n) is 15.4. The maximum Gasteiger partial charge on any atom is 0.488 e. The average molecular weight is 735 g/mol. The van der Waals surface area contributed by atoms with Gasteiger partial charge in [-0.15, -0.1) is 0 Å². The topological polar surface area (TPSA) is 203 Å². The zero-order valence-electron chi connectivity index (χ0n) is 26.2. The molecule has 1 unspecified atom stereocenters. The Morgan fingerprint density at radius 2 is 1.85 bits per heavy atom. The van der Waals surface area contributed by atoms with E-state index in [1.165, 1.54) is 70.2 Å². The maximum atomic E-state index is 13.1. The number of unbranched alkanes of at least 4 members (excludes halogenated alkanes) is 1. The molecule has 3 amide bonds. The van der Waals surface area contributed by atoms with Crippen molar-refractivity contribution in [1.82, 2.24) is 10.6 Å². The number of nitrogens with zero attached hydrogens (tertiary/aromatic N) is 3. The van der Waals surface area contributed by atoms with Crippen molar-refractivity contribution in [3.63, 3.8) is 0 Å². The number of hydrogen-bond acceptors (Lipinski definition) is 12. The van der Waals surface area contributed by atoms with E-state index in [0.717, 1.165) is 19.3 Å². The lowest BCUT2D eigenvalue weighted by Crippen LogP contribution is -2.48. The molecule has 1 heterocycles. The van der Waals surface area contributed by atoms with Gasteiger partial charge in [0.25, 0.3) is 0 Å². The van der Waals surface area contributed by atoms with Gasteiger partial charge in [-0.2, -0.15) is 0 Å². The van der Waals surface area contributed by atoms with E-state index in [1.54, 1.807) is 12.1 Å². The number of amides is 3. The first-order valence-corrected chi connectivity index (χ1v) is 20.3. The molecule has 0 spiro atoms. The Bertz CT molecular complexity index is 1400. The Morgan fingerprint density at radius 3 is 2.58 bits per heavy atom. The minimum absolute atomic E-state index is 0.127. The monoisotopic (exact) mass is 734 g/mol. The smallest absolute Gasteiger partial charge is 0.461 e. The van der Waals surface area contributed by atoms with Gasteiger partial charge in [-0.3, -0.25) is 14.4 Å². The van der Waals surface area contributed by atoms with Crippen LogP contribution in [0.25, 0.3) is 10.4 Å².